The van der Waals surface area contributed by atoms with Crippen molar-refractivity contribution in [1.29, 1.82) is 0 Å². The lowest BCUT2D eigenvalue weighted by Gasteiger charge is -2.28. The van der Waals surface area contributed by atoms with Crippen molar-refractivity contribution in [3.05, 3.63) is 65.0 Å². The van der Waals surface area contributed by atoms with Crippen molar-refractivity contribution in [3.63, 3.8) is 0 Å². The third-order valence-electron chi connectivity index (χ3n) is 5.29. The van der Waals surface area contributed by atoms with Gasteiger partial charge in [-0.1, -0.05) is 23.4 Å². The number of nitrogens with one attached hydrogen (secondary N) is 1. The van der Waals surface area contributed by atoms with Gasteiger partial charge in [0, 0.05) is 36.2 Å². The Morgan fingerprint density at radius 1 is 1.10 bits per heavy atom. The molecule has 5 rings (SSSR count). The number of para-hydroxylation sites is 1. The molecule has 0 saturated carbocycles. The van der Waals surface area contributed by atoms with Gasteiger partial charge in [0.15, 0.2) is 5.43 Å². The number of morpholine rings is 1. The highest BCUT2D eigenvalue weighted by Gasteiger charge is 2.16. The van der Waals surface area contributed by atoms with Gasteiger partial charge in [-0.2, -0.15) is 0 Å². The van der Waals surface area contributed by atoms with E-state index in [9.17, 15) is 4.79 Å². The Hall–Kier alpha value is -3.65. The number of pyridine rings is 1. The molecule has 1 aliphatic rings. The van der Waals surface area contributed by atoms with Gasteiger partial charge >= 0.3 is 0 Å². The summed E-state index contributed by atoms with van der Waals surface area (Å²) < 4.78 is 12.4. The second kappa shape index (κ2) is 7.64. The molecule has 1 aliphatic heterocycles. The van der Waals surface area contributed by atoms with Crippen LogP contribution in [0.3, 0.4) is 0 Å². The largest absolute Gasteiger partial charge is 0.497 e. The first kappa shape index (κ1) is 18.4. The number of methoxy groups -OCH3 is 1. The van der Waals surface area contributed by atoms with E-state index in [1.165, 1.54) is 0 Å². The van der Waals surface area contributed by atoms with Crippen LogP contribution in [0.4, 0.5) is 5.82 Å². The lowest BCUT2D eigenvalue weighted by atomic mass is 10.1. The van der Waals surface area contributed by atoms with Crippen molar-refractivity contribution in [3.8, 4) is 22.7 Å². The van der Waals surface area contributed by atoms with Gasteiger partial charge in [0.25, 0.3) is 0 Å². The minimum Gasteiger partial charge on any atom is -0.497 e. The van der Waals surface area contributed by atoms with Crippen LogP contribution in [0.15, 0.2) is 59.5 Å². The number of aromatic nitrogens is 4. The molecule has 152 valence electrons. The minimum absolute atomic E-state index is 0.0210. The summed E-state index contributed by atoms with van der Waals surface area (Å²) in [5.74, 6) is 1.54. The predicted molar refractivity (Wildman–Crippen MR) is 115 cm³/mol. The van der Waals surface area contributed by atoms with Crippen LogP contribution in [0.5, 0.6) is 5.75 Å². The molecule has 30 heavy (non-hydrogen) atoms. The number of benzene rings is 2. The number of rotatable bonds is 4. The van der Waals surface area contributed by atoms with Crippen LogP contribution in [0.25, 0.3) is 27.8 Å². The Kier molecular flexibility index (Phi) is 4.68. The van der Waals surface area contributed by atoms with Crippen molar-refractivity contribution >= 4 is 16.7 Å². The van der Waals surface area contributed by atoms with E-state index in [1.54, 1.807) is 17.9 Å². The smallest absolute Gasteiger partial charge is 0.191 e. The van der Waals surface area contributed by atoms with Crippen molar-refractivity contribution in [2.24, 2.45) is 0 Å². The van der Waals surface area contributed by atoms with Crippen LogP contribution in [0.2, 0.25) is 0 Å². The molecule has 2 aromatic carbocycles. The molecule has 0 radical (unpaired) electrons. The van der Waals surface area contributed by atoms with E-state index < -0.39 is 0 Å². The quantitative estimate of drug-likeness (QED) is 0.564. The van der Waals surface area contributed by atoms with Gasteiger partial charge in [-0.25, -0.2) is 4.68 Å². The number of anilines is 1. The third kappa shape index (κ3) is 3.31. The van der Waals surface area contributed by atoms with E-state index in [-0.39, 0.29) is 5.43 Å². The molecule has 0 amide bonds. The van der Waals surface area contributed by atoms with Crippen molar-refractivity contribution < 1.29 is 9.47 Å². The molecule has 0 atom stereocenters. The maximum Gasteiger partial charge on any atom is 0.191 e. The van der Waals surface area contributed by atoms with Crippen LogP contribution >= 0.6 is 0 Å². The van der Waals surface area contributed by atoms with Gasteiger partial charge in [-0.05, 0) is 18.2 Å². The SMILES string of the molecule is COc1cccc(-n2cc(-c3cccc4c(=O)cc(N5CCOCC5)[nH]c34)nn2)c1. The molecule has 1 fully saturated rings. The zero-order valence-corrected chi connectivity index (χ0v) is 16.5. The summed E-state index contributed by atoms with van der Waals surface area (Å²) in [6, 6.07) is 14.9. The van der Waals surface area contributed by atoms with Crippen LogP contribution < -0.4 is 15.1 Å². The number of ether oxygens (including phenoxy) is 2. The van der Waals surface area contributed by atoms with Crippen LogP contribution in [0, 0.1) is 0 Å². The fraction of sp³-hybridized carbons (Fsp3) is 0.227. The van der Waals surface area contributed by atoms with Crippen molar-refractivity contribution in [2.45, 2.75) is 0 Å². The first-order valence-electron chi connectivity index (χ1n) is 9.79. The maximum absolute atomic E-state index is 12.8. The van der Waals surface area contributed by atoms with E-state index in [4.69, 9.17) is 9.47 Å². The van der Waals surface area contributed by atoms with Crippen LogP contribution in [-0.4, -0.2) is 53.4 Å². The molecule has 0 spiro atoms. The normalized spacial score (nSPS) is 14.2. The van der Waals surface area contributed by atoms with Gasteiger partial charge in [-0.15, -0.1) is 5.10 Å². The Labute approximate surface area is 172 Å². The molecule has 0 bridgehead atoms. The fourth-order valence-electron chi connectivity index (χ4n) is 3.71. The van der Waals surface area contributed by atoms with Gasteiger partial charge < -0.3 is 19.4 Å². The standard InChI is InChI=1S/C22H21N5O3/c1-29-16-5-2-4-15(12-16)27-14-19(24-25-27)17-6-3-7-18-20(28)13-21(23-22(17)18)26-8-10-30-11-9-26/h2-7,12-14H,8-11H2,1H3,(H,23,28). The molecule has 8 heteroatoms. The van der Waals surface area contributed by atoms with E-state index in [0.29, 0.717) is 24.3 Å². The average Bonchev–Trinajstić information content (AvgIpc) is 3.29. The highest BCUT2D eigenvalue weighted by Crippen LogP contribution is 2.27. The fourth-order valence-corrected chi connectivity index (χ4v) is 3.71. The van der Waals surface area contributed by atoms with Crippen molar-refractivity contribution in [1.82, 2.24) is 20.0 Å². The van der Waals surface area contributed by atoms with Crippen LogP contribution in [0.1, 0.15) is 0 Å². The van der Waals surface area contributed by atoms with Crippen molar-refractivity contribution in [2.75, 3.05) is 38.3 Å². The molecular weight excluding hydrogens is 382 g/mol. The third-order valence-corrected chi connectivity index (χ3v) is 5.29. The summed E-state index contributed by atoms with van der Waals surface area (Å²) in [5, 5.41) is 9.25. The first-order valence-corrected chi connectivity index (χ1v) is 9.79. The summed E-state index contributed by atoms with van der Waals surface area (Å²) in [6.07, 6.45) is 1.85. The second-order valence-electron chi connectivity index (χ2n) is 7.10. The molecule has 8 nitrogen and oxygen atoms in total. The second-order valence-corrected chi connectivity index (χ2v) is 7.10. The van der Waals surface area contributed by atoms with Crippen LogP contribution in [-0.2, 0) is 4.74 Å². The minimum atomic E-state index is -0.0210. The lowest BCUT2D eigenvalue weighted by Crippen LogP contribution is -2.37. The number of nitrogens with zero attached hydrogens (tertiary/aromatic N) is 4. The number of hydrogen-bond donors (Lipinski definition) is 1. The van der Waals surface area contributed by atoms with Gasteiger partial charge in [0.1, 0.15) is 17.3 Å². The number of aromatic amines is 1. The molecular formula is C22H21N5O3. The summed E-state index contributed by atoms with van der Waals surface area (Å²) in [6.45, 7) is 2.79. The first-order chi connectivity index (χ1) is 14.7. The van der Waals surface area contributed by atoms with E-state index in [2.05, 4.69) is 20.2 Å². The lowest BCUT2D eigenvalue weighted by molar-refractivity contribution is 0.122. The van der Waals surface area contributed by atoms with E-state index in [1.807, 2.05) is 48.7 Å². The monoisotopic (exact) mass is 403 g/mol. The molecule has 0 unspecified atom stereocenters. The Morgan fingerprint density at radius 3 is 2.77 bits per heavy atom. The highest BCUT2D eigenvalue weighted by molar-refractivity contribution is 5.93. The topological polar surface area (TPSA) is 85.3 Å². The predicted octanol–water partition coefficient (Wildman–Crippen LogP) is 2.62. The van der Waals surface area contributed by atoms with Gasteiger partial charge in [0.05, 0.1) is 37.7 Å². The Balaban J connectivity index is 1.59. The molecule has 2 aromatic heterocycles. The Bertz CT molecular complexity index is 1260. The summed E-state index contributed by atoms with van der Waals surface area (Å²) in [5.41, 5.74) is 3.08. The molecule has 0 aliphatic carbocycles. The molecule has 1 N–H and O–H groups in total. The van der Waals surface area contributed by atoms with E-state index in [0.717, 1.165) is 41.4 Å². The number of fused-ring (bicyclic) bond motifs is 1. The maximum atomic E-state index is 12.8. The van der Waals surface area contributed by atoms with Gasteiger partial charge in [-0.3, -0.25) is 4.79 Å². The zero-order chi connectivity index (χ0) is 20.5. The number of H-pyrrole nitrogens is 1. The molecule has 4 aromatic rings. The Morgan fingerprint density at radius 2 is 1.93 bits per heavy atom. The van der Waals surface area contributed by atoms with Gasteiger partial charge in [0.2, 0.25) is 0 Å². The number of hydrogen-bond acceptors (Lipinski definition) is 6. The zero-order valence-electron chi connectivity index (χ0n) is 16.5. The van der Waals surface area contributed by atoms with E-state index >= 15 is 0 Å². The summed E-state index contributed by atoms with van der Waals surface area (Å²) in [4.78, 5) is 18.4. The summed E-state index contributed by atoms with van der Waals surface area (Å²) >= 11 is 0. The molecule has 1 saturated heterocycles. The average molecular weight is 403 g/mol. The summed E-state index contributed by atoms with van der Waals surface area (Å²) in [7, 11) is 1.63. The molecule has 3 heterocycles. The highest BCUT2D eigenvalue weighted by atomic mass is 16.5.